The fourth-order valence-corrected chi connectivity index (χ4v) is 3.18. The largest absolute Gasteiger partial charge is 0.316 e. The van der Waals surface area contributed by atoms with Gasteiger partial charge in [-0.25, -0.2) is 0 Å². The summed E-state index contributed by atoms with van der Waals surface area (Å²) in [4.78, 5) is 14.1. The minimum absolute atomic E-state index is 0.148. The predicted octanol–water partition coefficient (Wildman–Crippen LogP) is 2.87. The van der Waals surface area contributed by atoms with Gasteiger partial charge in [0.25, 0.3) is 0 Å². The van der Waals surface area contributed by atoms with Crippen molar-refractivity contribution >= 4 is 27.5 Å². The fraction of sp³-hybridized carbons (Fsp3) is 0.125. The van der Waals surface area contributed by atoms with Gasteiger partial charge in [-0.2, -0.15) is 5.26 Å². The maximum absolute atomic E-state index is 12.4. The van der Waals surface area contributed by atoms with Gasteiger partial charge in [-0.3, -0.25) is 4.79 Å². The first-order chi connectivity index (χ1) is 10.1. The van der Waals surface area contributed by atoms with Crippen molar-refractivity contribution in [2.24, 2.45) is 5.73 Å². The summed E-state index contributed by atoms with van der Waals surface area (Å²) in [6.07, 6.45) is 0. The van der Waals surface area contributed by atoms with Gasteiger partial charge in [0.05, 0.1) is 23.9 Å². The van der Waals surface area contributed by atoms with E-state index in [-0.39, 0.29) is 5.91 Å². The lowest BCUT2D eigenvalue weighted by atomic mass is 10.1. The highest BCUT2D eigenvalue weighted by molar-refractivity contribution is 9.10. The minimum atomic E-state index is -0.662. The van der Waals surface area contributed by atoms with Crippen molar-refractivity contribution in [2.45, 2.75) is 12.6 Å². The van der Waals surface area contributed by atoms with Gasteiger partial charge in [0.1, 0.15) is 6.04 Å². The number of carbonyl (C=O) groups is 1. The Morgan fingerprint density at radius 1 is 1.24 bits per heavy atom. The van der Waals surface area contributed by atoms with Crippen molar-refractivity contribution in [2.75, 3.05) is 4.90 Å². The van der Waals surface area contributed by atoms with Gasteiger partial charge in [0.2, 0.25) is 5.91 Å². The summed E-state index contributed by atoms with van der Waals surface area (Å²) < 4.78 is 0.830. The summed E-state index contributed by atoms with van der Waals surface area (Å²) in [6.45, 7) is 0.347. The van der Waals surface area contributed by atoms with Crippen LogP contribution in [-0.4, -0.2) is 5.91 Å². The maximum Gasteiger partial charge on any atom is 0.248 e. The summed E-state index contributed by atoms with van der Waals surface area (Å²) in [6, 6.07) is 14.4. The number of carbonyl (C=O) groups excluding carboxylic acids is 1. The van der Waals surface area contributed by atoms with E-state index in [1.807, 2.05) is 36.4 Å². The number of hydrogen-bond acceptors (Lipinski definition) is 3. The van der Waals surface area contributed by atoms with Gasteiger partial charge in [0.15, 0.2) is 0 Å². The minimum Gasteiger partial charge on any atom is -0.316 e. The molecule has 2 N–H and O–H groups in total. The molecule has 1 aliphatic rings. The van der Waals surface area contributed by atoms with E-state index in [2.05, 4.69) is 22.0 Å². The van der Waals surface area contributed by atoms with Crippen LogP contribution in [-0.2, 0) is 11.3 Å². The van der Waals surface area contributed by atoms with Crippen LogP contribution in [0.25, 0.3) is 0 Å². The van der Waals surface area contributed by atoms with E-state index < -0.39 is 6.04 Å². The lowest BCUT2D eigenvalue weighted by Crippen LogP contribution is -2.31. The van der Waals surface area contributed by atoms with Gasteiger partial charge in [-0.15, -0.1) is 0 Å². The molecule has 0 aliphatic carbocycles. The molecule has 0 bridgehead atoms. The third-order valence-electron chi connectivity index (χ3n) is 3.63. The van der Waals surface area contributed by atoms with Crippen molar-refractivity contribution in [3.05, 3.63) is 63.6 Å². The Labute approximate surface area is 130 Å². The third kappa shape index (κ3) is 2.23. The van der Waals surface area contributed by atoms with Crippen LogP contribution >= 0.6 is 15.9 Å². The quantitative estimate of drug-likeness (QED) is 0.912. The molecule has 1 heterocycles. The molecule has 1 atom stereocenters. The highest BCUT2D eigenvalue weighted by atomic mass is 79.9. The van der Waals surface area contributed by atoms with Crippen LogP contribution in [0.2, 0.25) is 0 Å². The summed E-state index contributed by atoms with van der Waals surface area (Å²) in [5, 5.41) is 9.16. The number of anilines is 1. The molecule has 1 amide bonds. The van der Waals surface area contributed by atoms with Crippen LogP contribution in [0.4, 0.5) is 5.69 Å². The van der Waals surface area contributed by atoms with Crippen LogP contribution < -0.4 is 10.6 Å². The zero-order valence-corrected chi connectivity index (χ0v) is 12.7. The lowest BCUT2D eigenvalue weighted by Gasteiger charge is -2.18. The van der Waals surface area contributed by atoms with Gasteiger partial charge in [0, 0.05) is 10.0 Å². The molecule has 2 aromatic carbocycles. The average Bonchev–Trinajstić information content (AvgIpc) is 2.74. The molecule has 3 rings (SSSR count). The lowest BCUT2D eigenvalue weighted by molar-refractivity contribution is -0.119. The van der Waals surface area contributed by atoms with Crippen molar-refractivity contribution < 1.29 is 4.79 Å². The van der Waals surface area contributed by atoms with E-state index in [0.29, 0.717) is 12.1 Å². The molecule has 0 fully saturated rings. The molecule has 1 unspecified atom stereocenters. The highest BCUT2D eigenvalue weighted by Crippen LogP contribution is 2.40. The van der Waals surface area contributed by atoms with Crippen molar-refractivity contribution in [3.63, 3.8) is 0 Å². The predicted molar refractivity (Wildman–Crippen MR) is 83.4 cm³/mol. The fourth-order valence-electron chi connectivity index (χ4n) is 2.58. The van der Waals surface area contributed by atoms with Crippen LogP contribution in [0, 0.1) is 11.3 Å². The molecule has 4 nitrogen and oxygen atoms in total. The molecular formula is C16H12BrN3O. The van der Waals surface area contributed by atoms with Crippen molar-refractivity contribution in [1.82, 2.24) is 0 Å². The molecule has 2 aromatic rings. The number of hydrogen-bond donors (Lipinski definition) is 1. The third-order valence-corrected chi connectivity index (χ3v) is 4.32. The molecule has 0 saturated carbocycles. The number of amides is 1. The Morgan fingerprint density at radius 2 is 2.00 bits per heavy atom. The van der Waals surface area contributed by atoms with Crippen molar-refractivity contribution in [3.8, 4) is 6.07 Å². The van der Waals surface area contributed by atoms with E-state index in [9.17, 15) is 4.79 Å². The average molecular weight is 342 g/mol. The summed E-state index contributed by atoms with van der Waals surface area (Å²) in [5.41, 5.74) is 9.01. The first-order valence-corrected chi connectivity index (χ1v) is 7.26. The van der Waals surface area contributed by atoms with Gasteiger partial charge >= 0.3 is 0 Å². The molecule has 0 aromatic heterocycles. The van der Waals surface area contributed by atoms with E-state index in [1.54, 1.807) is 11.0 Å². The number of rotatable bonds is 2. The Hall–Kier alpha value is -2.16. The second kappa shape index (κ2) is 5.32. The van der Waals surface area contributed by atoms with Crippen molar-refractivity contribution in [1.29, 1.82) is 5.26 Å². The SMILES string of the molecule is N#Cc1ccccc1CN1C(=O)C(N)c2c(Br)cccc21. The van der Waals surface area contributed by atoms with Gasteiger partial charge in [-0.1, -0.05) is 40.2 Å². The Morgan fingerprint density at radius 3 is 2.76 bits per heavy atom. The number of benzene rings is 2. The van der Waals surface area contributed by atoms with Gasteiger partial charge < -0.3 is 10.6 Å². The Kier molecular flexibility index (Phi) is 3.50. The van der Waals surface area contributed by atoms with Crippen LogP contribution in [0.1, 0.15) is 22.7 Å². The standard InChI is InChI=1S/C16H12BrN3O/c17-12-6-3-7-13-14(12)15(19)16(21)20(13)9-11-5-2-1-4-10(11)8-18/h1-7,15H,9,19H2. The number of fused-ring (bicyclic) bond motifs is 1. The van der Waals surface area contributed by atoms with Crippen LogP contribution in [0.15, 0.2) is 46.9 Å². The molecule has 0 saturated heterocycles. The second-order valence-corrected chi connectivity index (χ2v) is 5.70. The Balaban J connectivity index is 2.03. The second-order valence-electron chi connectivity index (χ2n) is 4.84. The van der Waals surface area contributed by atoms with E-state index in [0.717, 1.165) is 21.3 Å². The molecule has 21 heavy (non-hydrogen) atoms. The number of halogens is 1. The Bertz CT molecular complexity index is 766. The smallest absolute Gasteiger partial charge is 0.248 e. The maximum atomic E-state index is 12.4. The summed E-state index contributed by atoms with van der Waals surface area (Å²) in [5.74, 6) is -0.148. The topological polar surface area (TPSA) is 70.1 Å². The first kappa shape index (κ1) is 13.8. The molecule has 104 valence electrons. The normalized spacial score (nSPS) is 16.7. The van der Waals surface area contributed by atoms with Crippen LogP contribution in [0.3, 0.4) is 0 Å². The number of nitrogens with zero attached hydrogens (tertiary/aromatic N) is 2. The molecule has 1 aliphatic heterocycles. The van der Waals surface area contributed by atoms with Crippen LogP contribution in [0.5, 0.6) is 0 Å². The summed E-state index contributed by atoms with van der Waals surface area (Å²) >= 11 is 3.45. The molecule has 0 radical (unpaired) electrons. The number of nitrogens with two attached hydrogens (primary N) is 1. The zero-order valence-electron chi connectivity index (χ0n) is 11.1. The monoisotopic (exact) mass is 341 g/mol. The zero-order chi connectivity index (χ0) is 15.0. The van der Waals surface area contributed by atoms with E-state index in [4.69, 9.17) is 11.0 Å². The summed E-state index contributed by atoms with van der Waals surface area (Å²) in [7, 11) is 0. The molecule has 0 spiro atoms. The van der Waals surface area contributed by atoms with Gasteiger partial charge in [-0.05, 0) is 23.8 Å². The molecule has 5 heteroatoms. The number of nitriles is 1. The highest BCUT2D eigenvalue weighted by Gasteiger charge is 2.36. The molecular weight excluding hydrogens is 330 g/mol. The van der Waals surface area contributed by atoms with E-state index in [1.165, 1.54) is 0 Å². The van der Waals surface area contributed by atoms with E-state index >= 15 is 0 Å². The first-order valence-electron chi connectivity index (χ1n) is 6.47.